The second kappa shape index (κ2) is 4.85. The van der Waals surface area contributed by atoms with Crippen molar-refractivity contribution in [2.24, 2.45) is 0 Å². The lowest BCUT2D eigenvalue weighted by molar-refractivity contribution is 0.112. The number of tetrazole rings is 1. The Hall–Kier alpha value is -3.42. The molecule has 0 unspecified atom stereocenters. The summed E-state index contributed by atoms with van der Waals surface area (Å²) < 4.78 is 1.89. The first-order chi connectivity index (χ1) is 10.8. The van der Waals surface area contributed by atoms with Crippen molar-refractivity contribution in [3.8, 4) is 17.1 Å². The third-order valence-corrected chi connectivity index (χ3v) is 3.29. The zero-order chi connectivity index (χ0) is 14.9. The van der Waals surface area contributed by atoms with Crippen LogP contribution in [0.2, 0.25) is 0 Å². The molecule has 22 heavy (non-hydrogen) atoms. The van der Waals surface area contributed by atoms with Crippen molar-refractivity contribution in [1.82, 2.24) is 35.2 Å². The number of hydrogen-bond acceptors (Lipinski definition) is 6. The Bertz CT molecular complexity index is 958. The van der Waals surface area contributed by atoms with Crippen molar-refractivity contribution < 1.29 is 4.79 Å². The summed E-state index contributed by atoms with van der Waals surface area (Å²) in [5.41, 5.74) is 2.86. The quantitative estimate of drug-likeness (QED) is 0.572. The Morgan fingerprint density at radius 2 is 2.14 bits per heavy atom. The van der Waals surface area contributed by atoms with Crippen LogP contribution in [0.5, 0.6) is 0 Å². The standard InChI is InChI=1S/C14H9N7O/c22-8-9-3-10-1-2-21(14(10)16-5-9)12-4-11(6-15-7-12)13-17-19-20-18-13/h1-8H,(H,17,18,19,20). The smallest absolute Gasteiger partial charge is 0.206 e. The molecule has 0 atom stereocenters. The number of carbonyl (C=O) groups excluding carboxylic acids is 1. The van der Waals surface area contributed by atoms with Gasteiger partial charge in [0.2, 0.25) is 5.82 Å². The normalized spacial score (nSPS) is 10.9. The SMILES string of the molecule is O=Cc1cnc2c(ccn2-c2cncc(-c3nn[nH]n3)c2)c1. The van der Waals surface area contributed by atoms with Gasteiger partial charge in [-0.15, -0.1) is 10.2 Å². The molecule has 4 rings (SSSR count). The van der Waals surface area contributed by atoms with Crippen LogP contribution >= 0.6 is 0 Å². The van der Waals surface area contributed by atoms with Gasteiger partial charge in [-0.25, -0.2) is 4.98 Å². The van der Waals surface area contributed by atoms with Crippen LogP contribution in [0, 0.1) is 0 Å². The van der Waals surface area contributed by atoms with Crippen LogP contribution < -0.4 is 0 Å². The number of H-pyrrole nitrogens is 1. The second-order valence-electron chi connectivity index (χ2n) is 4.65. The second-order valence-corrected chi connectivity index (χ2v) is 4.65. The highest BCUT2D eigenvalue weighted by atomic mass is 16.1. The molecule has 0 aromatic carbocycles. The molecule has 0 radical (unpaired) electrons. The maximum absolute atomic E-state index is 10.8. The first-order valence-electron chi connectivity index (χ1n) is 6.47. The van der Waals surface area contributed by atoms with Crippen LogP contribution in [0.25, 0.3) is 28.1 Å². The zero-order valence-corrected chi connectivity index (χ0v) is 11.2. The summed E-state index contributed by atoms with van der Waals surface area (Å²) in [6, 6.07) is 5.59. The van der Waals surface area contributed by atoms with Crippen molar-refractivity contribution in [3.05, 3.63) is 48.5 Å². The van der Waals surface area contributed by atoms with Crippen LogP contribution in [0.4, 0.5) is 0 Å². The molecule has 0 bridgehead atoms. The molecule has 4 heterocycles. The monoisotopic (exact) mass is 291 g/mol. The van der Waals surface area contributed by atoms with Gasteiger partial charge < -0.3 is 0 Å². The summed E-state index contributed by atoms with van der Waals surface area (Å²) in [5.74, 6) is 0.474. The lowest BCUT2D eigenvalue weighted by Gasteiger charge is -2.05. The van der Waals surface area contributed by atoms with Crippen LogP contribution in [-0.2, 0) is 0 Å². The fourth-order valence-corrected chi connectivity index (χ4v) is 2.28. The number of aromatic nitrogens is 7. The van der Waals surface area contributed by atoms with Gasteiger partial charge in [0, 0.05) is 35.1 Å². The largest absolute Gasteiger partial charge is 0.300 e. The molecule has 0 saturated heterocycles. The summed E-state index contributed by atoms with van der Waals surface area (Å²) in [6.07, 6.45) is 7.59. The van der Waals surface area contributed by atoms with Gasteiger partial charge in [-0.1, -0.05) is 0 Å². The summed E-state index contributed by atoms with van der Waals surface area (Å²) in [5, 5.41) is 14.7. The van der Waals surface area contributed by atoms with Gasteiger partial charge in [0.1, 0.15) is 5.65 Å². The van der Waals surface area contributed by atoms with E-state index in [2.05, 4.69) is 30.6 Å². The van der Waals surface area contributed by atoms with Crippen LogP contribution in [-0.4, -0.2) is 41.4 Å². The number of hydrogen-bond donors (Lipinski definition) is 1. The molecule has 1 N–H and O–H groups in total. The summed E-state index contributed by atoms with van der Waals surface area (Å²) >= 11 is 0. The molecule has 8 heteroatoms. The van der Waals surface area contributed by atoms with Gasteiger partial charge in [0.15, 0.2) is 6.29 Å². The molecule has 0 saturated carbocycles. The lowest BCUT2D eigenvalue weighted by atomic mass is 10.2. The lowest BCUT2D eigenvalue weighted by Crippen LogP contribution is -1.96. The van der Waals surface area contributed by atoms with Gasteiger partial charge >= 0.3 is 0 Å². The first kappa shape index (κ1) is 12.3. The number of fused-ring (bicyclic) bond motifs is 1. The molecule has 0 spiro atoms. The number of carbonyl (C=O) groups is 1. The van der Waals surface area contributed by atoms with Crippen molar-refractivity contribution in [3.63, 3.8) is 0 Å². The summed E-state index contributed by atoms with van der Waals surface area (Å²) in [6.45, 7) is 0. The molecule has 4 aromatic heterocycles. The molecule has 4 aromatic rings. The van der Waals surface area contributed by atoms with Gasteiger partial charge in [-0.3, -0.25) is 14.3 Å². The highest BCUT2D eigenvalue weighted by Gasteiger charge is 2.09. The summed E-state index contributed by atoms with van der Waals surface area (Å²) in [4.78, 5) is 19.4. The fraction of sp³-hybridized carbons (Fsp3) is 0. The van der Waals surface area contributed by atoms with Gasteiger partial charge in [-0.05, 0) is 23.4 Å². The number of aromatic amines is 1. The van der Waals surface area contributed by atoms with E-state index in [4.69, 9.17) is 0 Å². The Morgan fingerprint density at radius 1 is 1.18 bits per heavy atom. The van der Waals surface area contributed by atoms with Crippen molar-refractivity contribution in [2.45, 2.75) is 0 Å². The number of nitrogens with zero attached hydrogens (tertiary/aromatic N) is 6. The van der Waals surface area contributed by atoms with E-state index in [0.717, 1.165) is 28.6 Å². The predicted molar refractivity (Wildman–Crippen MR) is 77.4 cm³/mol. The average molecular weight is 291 g/mol. The van der Waals surface area contributed by atoms with E-state index in [1.165, 1.54) is 0 Å². The minimum absolute atomic E-state index is 0.474. The van der Waals surface area contributed by atoms with Crippen molar-refractivity contribution in [1.29, 1.82) is 0 Å². The highest BCUT2D eigenvalue weighted by Crippen LogP contribution is 2.21. The molecule has 0 aliphatic rings. The predicted octanol–water partition coefficient (Wildman–Crippen LogP) is 1.41. The number of rotatable bonds is 3. The highest BCUT2D eigenvalue weighted by molar-refractivity contribution is 5.85. The third kappa shape index (κ3) is 1.94. The van der Waals surface area contributed by atoms with Crippen LogP contribution in [0.1, 0.15) is 10.4 Å². The fourth-order valence-electron chi connectivity index (χ4n) is 2.28. The molecular formula is C14H9N7O. The Kier molecular flexibility index (Phi) is 2.72. The van der Waals surface area contributed by atoms with Crippen LogP contribution in [0.15, 0.2) is 43.0 Å². The van der Waals surface area contributed by atoms with E-state index in [1.807, 2.05) is 22.9 Å². The van der Waals surface area contributed by atoms with Crippen molar-refractivity contribution in [2.75, 3.05) is 0 Å². The van der Waals surface area contributed by atoms with Gasteiger partial charge in [0.05, 0.1) is 11.9 Å². The molecule has 8 nitrogen and oxygen atoms in total. The zero-order valence-electron chi connectivity index (χ0n) is 11.2. The van der Waals surface area contributed by atoms with Gasteiger partial charge in [-0.2, -0.15) is 5.21 Å². The Balaban J connectivity index is 1.85. The van der Waals surface area contributed by atoms with E-state index in [0.29, 0.717) is 11.4 Å². The van der Waals surface area contributed by atoms with E-state index in [9.17, 15) is 4.79 Å². The Morgan fingerprint density at radius 3 is 2.95 bits per heavy atom. The van der Waals surface area contributed by atoms with Gasteiger partial charge in [0.25, 0.3) is 0 Å². The molecule has 0 aliphatic carbocycles. The number of pyridine rings is 2. The molecule has 0 amide bonds. The molecule has 106 valence electrons. The van der Waals surface area contributed by atoms with E-state index in [-0.39, 0.29) is 0 Å². The number of aldehydes is 1. The molecule has 0 aliphatic heterocycles. The molecular weight excluding hydrogens is 282 g/mol. The third-order valence-electron chi connectivity index (χ3n) is 3.29. The first-order valence-corrected chi connectivity index (χ1v) is 6.47. The van der Waals surface area contributed by atoms with E-state index in [1.54, 1.807) is 24.7 Å². The molecule has 0 fully saturated rings. The Labute approximate surface area is 123 Å². The van der Waals surface area contributed by atoms with E-state index < -0.39 is 0 Å². The van der Waals surface area contributed by atoms with Crippen LogP contribution in [0.3, 0.4) is 0 Å². The number of nitrogens with one attached hydrogen (secondary N) is 1. The maximum atomic E-state index is 10.8. The average Bonchev–Trinajstić information content (AvgIpc) is 3.24. The van der Waals surface area contributed by atoms with E-state index >= 15 is 0 Å². The van der Waals surface area contributed by atoms with Crippen molar-refractivity contribution >= 4 is 17.3 Å². The minimum atomic E-state index is 0.474. The maximum Gasteiger partial charge on any atom is 0.206 e. The topological polar surface area (TPSA) is 102 Å². The minimum Gasteiger partial charge on any atom is -0.300 e. The summed E-state index contributed by atoms with van der Waals surface area (Å²) in [7, 11) is 0.